The molecule has 0 fully saturated rings. The Morgan fingerprint density at radius 3 is 2.76 bits per heavy atom. The Hall–Kier alpha value is -2.17. The van der Waals surface area contributed by atoms with Crippen LogP contribution in [-0.2, 0) is 11.3 Å². The topological polar surface area (TPSA) is 74.8 Å². The minimum absolute atomic E-state index is 0.0397. The second kappa shape index (κ2) is 4.78. The summed E-state index contributed by atoms with van der Waals surface area (Å²) in [5.74, 6) is -0.0397. The van der Waals surface area contributed by atoms with Crippen LogP contribution < -0.4 is 10.9 Å². The third kappa shape index (κ3) is 2.33. The molecular weight excluding hydrogens is 218 g/mol. The van der Waals surface area contributed by atoms with E-state index in [4.69, 9.17) is 0 Å². The fourth-order valence-electron chi connectivity index (χ4n) is 1.61. The predicted molar refractivity (Wildman–Crippen MR) is 64.5 cm³/mol. The van der Waals surface area contributed by atoms with E-state index in [0.717, 1.165) is 5.39 Å². The van der Waals surface area contributed by atoms with Gasteiger partial charge in [0.15, 0.2) is 0 Å². The molecule has 1 heterocycles. The van der Waals surface area contributed by atoms with Crippen molar-refractivity contribution in [3.8, 4) is 0 Å². The number of hydrogen-bond acceptors (Lipinski definition) is 3. The molecule has 1 aromatic carbocycles. The molecule has 0 aliphatic carbocycles. The first-order valence-electron chi connectivity index (χ1n) is 5.45. The van der Waals surface area contributed by atoms with E-state index in [1.54, 1.807) is 19.1 Å². The molecule has 2 aromatic rings. The second-order valence-corrected chi connectivity index (χ2v) is 3.68. The van der Waals surface area contributed by atoms with Crippen LogP contribution in [0.5, 0.6) is 0 Å². The Morgan fingerprint density at radius 1 is 1.35 bits per heavy atom. The summed E-state index contributed by atoms with van der Waals surface area (Å²) in [6.07, 6.45) is 0.432. The number of aromatic nitrogens is 2. The maximum atomic E-state index is 11.5. The average molecular weight is 231 g/mol. The van der Waals surface area contributed by atoms with Crippen LogP contribution in [0.25, 0.3) is 10.8 Å². The van der Waals surface area contributed by atoms with Gasteiger partial charge in [-0.2, -0.15) is 5.10 Å². The molecule has 2 N–H and O–H groups in total. The highest BCUT2D eigenvalue weighted by molar-refractivity contribution is 5.84. The van der Waals surface area contributed by atoms with Crippen LogP contribution in [0.4, 0.5) is 0 Å². The maximum absolute atomic E-state index is 11.5. The smallest absolute Gasteiger partial charge is 0.272 e. The molecule has 2 rings (SSSR count). The number of nitrogens with one attached hydrogen (secondary N) is 2. The summed E-state index contributed by atoms with van der Waals surface area (Å²) in [5, 5.41) is 10.5. The molecule has 0 saturated heterocycles. The van der Waals surface area contributed by atoms with Crippen molar-refractivity contribution in [2.24, 2.45) is 0 Å². The van der Waals surface area contributed by atoms with Crippen LogP contribution in [-0.4, -0.2) is 16.1 Å². The van der Waals surface area contributed by atoms with Crippen LogP contribution >= 0.6 is 0 Å². The molecule has 0 bridgehead atoms. The van der Waals surface area contributed by atoms with Crippen molar-refractivity contribution in [3.05, 3.63) is 40.3 Å². The molecule has 5 nitrogen and oxygen atoms in total. The molecule has 5 heteroatoms. The van der Waals surface area contributed by atoms with Crippen LogP contribution in [0.3, 0.4) is 0 Å². The quantitative estimate of drug-likeness (QED) is 0.825. The largest absolute Gasteiger partial charge is 0.350 e. The first-order chi connectivity index (χ1) is 8.22. The number of carbonyl (C=O) groups excluding carboxylic acids is 1. The summed E-state index contributed by atoms with van der Waals surface area (Å²) < 4.78 is 0. The van der Waals surface area contributed by atoms with Crippen molar-refractivity contribution in [1.29, 1.82) is 0 Å². The molecule has 1 aromatic heterocycles. The first kappa shape index (κ1) is 11.3. The van der Waals surface area contributed by atoms with E-state index in [2.05, 4.69) is 15.5 Å². The Balaban J connectivity index is 2.38. The molecule has 0 spiro atoms. The van der Waals surface area contributed by atoms with Gasteiger partial charge in [-0.15, -0.1) is 0 Å². The first-order valence-corrected chi connectivity index (χ1v) is 5.45. The lowest BCUT2D eigenvalue weighted by molar-refractivity contribution is -0.120. The average Bonchev–Trinajstić information content (AvgIpc) is 2.38. The van der Waals surface area contributed by atoms with Crippen LogP contribution in [0.2, 0.25) is 0 Å². The lowest BCUT2D eigenvalue weighted by Crippen LogP contribution is -2.23. The number of aromatic amines is 1. The summed E-state index contributed by atoms with van der Waals surface area (Å²) in [5.41, 5.74) is 0.452. The van der Waals surface area contributed by atoms with Crippen molar-refractivity contribution < 1.29 is 4.79 Å². The molecule has 0 unspecified atom stereocenters. The zero-order valence-corrected chi connectivity index (χ0v) is 9.49. The fraction of sp³-hybridized carbons (Fsp3) is 0.250. The number of H-pyrrole nitrogens is 1. The summed E-state index contributed by atoms with van der Waals surface area (Å²) in [6.45, 7) is 2.11. The minimum atomic E-state index is -0.217. The van der Waals surface area contributed by atoms with Crippen molar-refractivity contribution in [2.45, 2.75) is 19.9 Å². The number of carbonyl (C=O) groups is 1. The molecule has 88 valence electrons. The molecule has 0 radical (unpaired) electrons. The van der Waals surface area contributed by atoms with Gasteiger partial charge in [-0.05, 0) is 6.07 Å². The van der Waals surface area contributed by atoms with Crippen molar-refractivity contribution in [1.82, 2.24) is 15.5 Å². The van der Waals surface area contributed by atoms with Gasteiger partial charge in [0.05, 0.1) is 17.6 Å². The number of nitrogens with zero attached hydrogens (tertiary/aromatic N) is 1. The van der Waals surface area contributed by atoms with Gasteiger partial charge in [0.2, 0.25) is 5.91 Å². The fourth-order valence-corrected chi connectivity index (χ4v) is 1.61. The normalized spacial score (nSPS) is 10.4. The Labute approximate surface area is 97.9 Å². The van der Waals surface area contributed by atoms with Gasteiger partial charge in [0, 0.05) is 11.8 Å². The number of rotatable bonds is 3. The summed E-state index contributed by atoms with van der Waals surface area (Å²) in [4.78, 5) is 22.7. The van der Waals surface area contributed by atoms with E-state index in [-0.39, 0.29) is 11.5 Å². The maximum Gasteiger partial charge on any atom is 0.272 e. The molecule has 0 saturated carbocycles. The van der Waals surface area contributed by atoms with Crippen LogP contribution in [0, 0.1) is 0 Å². The van der Waals surface area contributed by atoms with E-state index in [1.165, 1.54) is 0 Å². The third-order valence-corrected chi connectivity index (χ3v) is 2.55. The van der Waals surface area contributed by atoms with E-state index in [1.807, 2.05) is 12.1 Å². The number of hydrogen-bond donors (Lipinski definition) is 2. The van der Waals surface area contributed by atoms with Gasteiger partial charge in [-0.3, -0.25) is 9.59 Å². The van der Waals surface area contributed by atoms with Gasteiger partial charge in [-0.25, -0.2) is 5.10 Å². The van der Waals surface area contributed by atoms with Gasteiger partial charge in [0.25, 0.3) is 5.56 Å². The van der Waals surface area contributed by atoms with E-state index < -0.39 is 0 Å². The molecule has 1 amide bonds. The highest BCUT2D eigenvalue weighted by atomic mass is 16.1. The summed E-state index contributed by atoms with van der Waals surface area (Å²) in [7, 11) is 0. The van der Waals surface area contributed by atoms with Crippen molar-refractivity contribution in [3.63, 3.8) is 0 Å². The predicted octanol–water partition coefficient (Wildman–Crippen LogP) is 0.949. The van der Waals surface area contributed by atoms with Crippen LogP contribution in [0.1, 0.15) is 19.0 Å². The van der Waals surface area contributed by atoms with E-state index >= 15 is 0 Å². The van der Waals surface area contributed by atoms with Gasteiger partial charge in [0.1, 0.15) is 0 Å². The van der Waals surface area contributed by atoms with Gasteiger partial charge >= 0.3 is 0 Å². The van der Waals surface area contributed by atoms with Gasteiger partial charge < -0.3 is 5.32 Å². The lowest BCUT2D eigenvalue weighted by atomic mass is 10.1. The van der Waals surface area contributed by atoms with Crippen molar-refractivity contribution in [2.75, 3.05) is 0 Å². The molecule has 0 aliphatic heterocycles. The second-order valence-electron chi connectivity index (χ2n) is 3.68. The Bertz CT molecular complexity index is 604. The summed E-state index contributed by atoms with van der Waals surface area (Å²) in [6, 6.07) is 7.20. The zero-order chi connectivity index (χ0) is 12.3. The number of amides is 1. The minimum Gasteiger partial charge on any atom is -0.350 e. The number of fused-ring (bicyclic) bond motifs is 1. The highest BCUT2D eigenvalue weighted by Crippen LogP contribution is 2.11. The molecule has 17 heavy (non-hydrogen) atoms. The number of benzene rings is 1. The standard InChI is InChI=1S/C12H13N3O2/c1-2-11(16)13-7-10-8-5-3-4-6-9(8)12(17)15-14-10/h3-6H,2,7H2,1H3,(H,13,16)(H,15,17). The highest BCUT2D eigenvalue weighted by Gasteiger charge is 2.06. The third-order valence-electron chi connectivity index (χ3n) is 2.55. The van der Waals surface area contributed by atoms with Crippen molar-refractivity contribution >= 4 is 16.7 Å². The molecule has 0 aliphatic rings. The summed E-state index contributed by atoms with van der Waals surface area (Å²) >= 11 is 0. The zero-order valence-electron chi connectivity index (χ0n) is 9.49. The molecular formula is C12H13N3O2. The van der Waals surface area contributed by atoms with Gasteiger partial charge in [-0.1, -0.05) is 25.1 Å². The monoisotopic (exact) mass is 231 g/mol. The Morgan fingerprint density at radius 2 is 2.06 bits per heavy atom. The van der Waals surface area contributed by atoms with Crippen LogP contribution in [0.15, 0.2) is 29.1 Å². The van der Waals surface area contributed by atoms with E-state index in [0.29, 0.717) is 24.0 Å². The SMILES string of the molecule is CCC(=O)NCc1n[nH]c(=O)c2ccccc12. The van der Waals surface area contributed by atoms with E-state index in [9.17, 15) is 9.59 Å². The Kier molecular flexibility index (Phi) is 3.18. The molecule has 0 atom stereocenters. The lowest BCUT2D eigenvalue weighted by Gasteiger charge is -2.05.